The maximum Gasteiger partial charge on any atom is 0.419 e. The van der Waals surface area contributed by atoms with E-state index in [1.54, 1.807) is 6.20 Å². The van der Waals surface area contributed by atoms with Gasteiger partial charge in [0.2, 0.25) is 0 Å². The van der Waals surface area contributed by atoms with Crippen molar-refractivity contribution in [3.8, 4) is 0 Å². The minimum Gasteiger partial charge on any atom is -0.368 e. The smallest absolute Gasteiger partial charge is 0.368 e. The quantitative estimate of drug-likeness (QED) is 0.239. The van der Waals surface area contributed by atoms with Gasteiger partial charge in [-0.05, 0) is 31.2 Å². The van der Waals surface area contributed by atoms with E-state index in [0.29, 0.717) is 25.6 Å². The van der Waals surface area contributed by atoms with E-state index in [4.69, 9.17) is 0 Å². The van der Waals surface area contributed by atoms with Crippen LogP contribution in [0.1, 0.15) is 18.2 Å². The molecule has 27 heavy (non-hydrogen) atoms. The van der Waals surface area contributed by atoms with E-state index in [-0.39, 0.29) is 36.3 Å². The topological polar surface area (TPSA) is 74.2 Å². The Morgan fingerprint density at radius 1 is 1.04 bits per heavy atom. The molecule has 0 atom stereocenters. The first-order valence-electron chi connectivity index (χ1n) is 8.19. The zero-order valence-corrected chi connectivity index (χ0v) is 17.1. The lowest BCUT2D eigenvalue weighted by Crippen LogP contribution is -2.39. The van der Waals surface area contributed by atoms with Crippen LogP contribution in [0.5, 0.6) is 0 Å². The molecule has 0 aliphatic heterocycles. The lowest BCUT2D eigenvalue weighted by Gasteiger charge is -2.14. The van der Waals surface area contributed by atoms with Crippen LogP contribution < -0.4 is 16.0 Å². The van der Waals surface area contributed by atoms with Crippen molar-refractivity contribution < 1.29 is 13.2 Å². The summed E-state index contributed by atoms with van der Waals surface area (Å²) < 4.78 is 38.8. The van der Waals surface area contributed by atoms with Crippen molar-refractivity contribution in [2.45, 2.75) is 19.6 Å². The Bertz CT molecular complexity index is 709. The van der Waals surface area contributed by atoms with Gasteiger partial charge in [-0.1, -0.05) is 6.07 Å². The van der Waals surface area contributed by atoms with Gasteiger partial charge in [0.05, 0.1) is 17.8 Å². The van der Waals surface area contributed by atoms with E-state index in [9.17, 15) is 13.2 Å². The summed E-state index contributed by atoms with van der Waals surface area (Å²) in [6.45, 7) is 3.64. The standard InChI is InChI=1S/C17H21F3N6.HI/c1-2-21-16(26-12-13-6-3-4-8-22-13)25-11-10-24-15-14(17(18,19)20)7-5-9-23-15;/h3-9H,2,10-12H2,1H3,(H,23,24)(H2,21,25,26);1H. The number of aliphatic imine (C=N–C) groups is 1. The average molecular weight is 494 g/mol. The zero-order chi connectivity index (χ0) is 18.8. The number of hydrogen-bond donors (Lipinski definition) is 3. The molecule has 2 rings (SSSR count). The second-order valence-corrected chi connectivity index (χ2v) is 5.27. The molecule has 10 heteroatoms. The van der Waals surface area contributed by atoms with Crippen LogP contribution in [0, 0.1) is 0 Å². The molecule has 0 aromatic carbocycles. The van der Waals surface area contributed by atoms with Crippen LogP contribution in [0.25, 0.3) is 0 Å². The number of guanidine groups is 1. The predicted octanol–water partition coefficient (Wildman–Crippen LogP) is 3.28. The van der Waals surface area contributed by atoms with Crippen LogP contribution in [0.2, 0.25) is 0 Å². The van der Waals surface area contributed by atoms with Crippen LogP contribution in [-0.2, 0) is 12.7 Å². The normalized spacial score (nSPS) is 11.5. The summed E-state index contributed by atoms with van der Waals surface area (Å²) in [6.07, 6.45) is -1.42. The largest absolute Gasteiger partial charge is 0.419 e. The van der Waals surface area contributed by atoms with Gasteiger partial charge in [0.1, 0.15) is 5.82 Å². The number of pyridine rings is 2. The first-order valence-corrected chi connectivity index (χ1v) is 8.19. The molecule has 0 aliphatic carbocycles. The number of alkyl halides is 3. The number of aromatic nitrogens is 2. The summed E-state index contributed by atoms with van der Waals surface area (Å²) in [7, 11) is 0. The molecule has 0 aliphatic rings. The van der Waals surface area contributed by atoms with Crippen LogP contribution in [0.3, 0.4) is 0 Å². The molecule has 6 nitrogen and oxygen atoms in total. The molecule has 2 heterocycles. The summed E-state index contributed by atoms with van der Waals surface area (Å²) in [5.74, 6) is 0.384. The van der Waals surface area contributed by atoms with Gasteiger partial charge in [-0.2, -0.15) is 13.2 Å². The Kier molecular flexibility index (Phi) is 9.83. The van der Waals surface area contributed by atoms with Gasteiger partial charge in [0.15, 0.2) is 5.96 Å². The third kappa shape index (κ3) is 7.97. The van der Waals surface area contributed by atoms with Crippen molar-refractivity contribution in [1.29, 1.82) is 0 Å². The van der Waals surface area contributed by atoms with E-state index in [1.165, 1.54) is 12.3 Å². The highest BCUT2D eigenvalue weighted by Crippen LogP contribution is 2.33. The van der Waals surface area contributed by atoms with E-state index in [2.05, 4.69) is 30.9 Å². The number of nitrogens with zero attached hydrogens (tertiary/aromatic N) is 3. The number of rotatable bonds is 7. The SMILES string of the molecule is CCNC(=NCc1ccccn1)NCCNc1ncccc1C(F)(F)F.I. The summed E-state index contributed by atoms with van der Waals surface area (Å²) in [6, 6.07) is 7.84. The highest BCUT2D eigenvalue weighted by molar-refractivity contribution is 14.0. The molecule has 2 aromatic rings. The molecule has 0 saturated heterocycles. The minimum absolute atomic E-state index is 0. The van der Waals surface area contributed by atoms with Gasteiger partial charge < -0.3 is 16.0 Å². The van der Waals surface area contributed by atoms with Gasteiger partial charge in [-0.15, -0.1) is 24.0 Å². The number of halogens is 4. The second kappa shape index (κ2) is 11.6. The van der Waals surface area contributed by atoms with E-state index >= 15 is 0 Å². The zero-order valence-electron chi connectivity index (χ0n) is 14.8. The summed E-state index contributed by atoms with van der Waals surface area (Å²) in [4.78, 5) is 12.3. The number of anilines is 1. The third-order valence-electron chi connectivity index (χ3n) is 3.29. The first kappa shape index (κ1) is 22.9. The van der Waals surface area contributed by atoms with Gasteiger partial charge in [0.25, 0.3) is 0 Å². The molecule has 0 saturated carbocycles. The first-order chi connectivity index (χ1) is 12.5. The number of hydrogen-bond acceptors (Lipinski definition) is 4. The molecule has 0 radical (unpaired) electrons. The fraction of sp³-hybridized carbons (Fsp3) is 0.353. The molecular formula is C17H22F3IN6. The monoisotopic (exact) mass is 494 g/mol. The highest BCUT2D eigenvalue weighted by atomic mass is 127. The van der Waals surface area contributed by atoms with E-state index in [1.807, 2.05) is 25.1 Å². The van der Waals surface area contributed by atoms with Gasteiger partial charge >= 0.3 is 6.18 Å². The van der Waals surface area contributed by atoms with Crippen LogP contribution >= 0.6 is 24.0 Å². The average Bonchev–Trinajstić information content (AvgIpc) is 2.63. The van der Waals surface area contributed by atoms with E-state index < -0.39 is 11.7 Å². The molecule has 0 spiro atoms. The van der Waals surface area contributed by atoms with Crippen molar-refractivity contribution in [2.75, 3.05) is 25.0 Å². The number of nitrogens with one attached hydrogen (secondary N) is 3. The fourth-order valence-corrected chi connectivity index (χ4v) is 2.13. The Balaban J connectivity index is 0.00000364. The lowest BCUT2D eigenvalue weighted by molar-refractivity contribution is -0.137. The molecule has 0 amide bonds. The Morgan fingerprint density at radius 2 is 1.81 bits per heavy atom. The van der Waals surface area contributed by atoms with Gasteiger partial charge in [-0.3, -0.25) is 4.98 Å². The molecule has 3 N–H and O–H groups in total. The molecular weight excluding hydrogens is 472 g/mol. The molecule has 148 valence electrons. The highest BCUT2D eigenvalue weighted by Gasteiger charge is 2.33. The van der Waals surface area contributed by atoms with Gasteiger partial charge in [0, 0.05) is 32.0 Å². The Morgan fingerprint density at radius 3 is 2.48 bits per heavy atom. The minimum atomic E-state index is -4.44. The van der Waals surface area contributed by atoms with E-state index in [0.717, 1.165) is 11.8 Å². The van der Waals surface area contributed by atoms with Crippen molar-refractivity contribution >= 4 is 35.8 Å². The summed E-state index contributed by atoms with van der Waals surface area (Å²) in [5, 5.41) is 8.84. The van der Waals surface area contributed by atoms with Crippen molar-refractivity contribution in [1.82, 2.24) is 20.6 Å². The van der Waals surface area contributed by atoms with Crippen LogP contribution in [-0.4, -0.2) is 35.6 Å². The summed E-state index contributed by atoms with van der Waals surface area (Å²) >= 11 is 0. The Labute approximate surface area is 173 Å². The van der Waals surface area contributed by atoms with Crippen LogP contribution in [0.4, 0.5) is 19.0 Å². The summed E-state index contributed by atoms with van der Waals surface area (Å²) in [5.41, 5.74) is 0.0434. The van der Waals surface area contributed by atoms with Crippen molar-refractivity contribution in [3.05, 3.63) is 54.0 Å². The third-order valence-corrected chi connectivity index (χ3v) is 3.29. The van der Waals surface area contributed by atoms with Gasteiger partial charge in [-0.25, -0.2) is 9.98 Å². The van der Waals surface area contributed by atoms with Crippen LogP contribution in [0.15, 0.2) is 47.7 Å². The van der Waals surface area contributed by atoms with Crippen molar-refractivity contribution in [2.24, 2.45) is 4.99 Å². The molecule has 2 aromatic heterocycles. The second-order valence-electron chi connectivity index (χ2n) is 5.27. The molecule has 0 fully saturated rings. The Hall–Kier alpha value is -2.11. The molecule has 0 bridgehead atoms. The maximum absolute atomic E-state index is 12.9. The maximum atomic E-state index is 12.9. The predicted molar refractivity (Wildman–Crippen MR) is 110 cm³/mol. The van der Waals surface area contributed by atoms with Crippen molar-refractivity contribution in [3.63, 3.8) is 0 Å². The lowest BCUT2D eigenvalue weighted by atomic mass is 10.2. The fourth-order valence-electron chi connectivity index (χ4n) is 2.13. The molecule has 0 unspecified atom stereocenters.